The van der Waals surface area contributed by atoms with Gasteiger partial charge in [0.15, 0.2) is 0 Å². The highest BCUT2D eigenvalue weighted by Gasteiger charge is 2.24. The minimum absolute atomic E-state index is 0.00166. The molecule has 1 N–H and O–H groups in total. The van der Waals surface area contributed by atoms with E-state index in [0.29, 0.717) is 37.7 Å². The van der Waals surface area contributed by atoms with Crippen LogP contribution in [-0.2, 0) is 14.8 Å². The highest BCUT2D eigenvalue weighted by molar-refractivity contribution is 7.89. The second kappa shape index (κ2) is 8.66. The number of morpholine rings is 1. The van der Waals surface area contributed by atoms with E-state index in [-0.39, 0.29) is 15.5 Å². The predicted molar refractivity (Wildman–Crippen MR) is 110 cm³/mol. The molecule has 156 valence electrons. The first-order chi connectivity index (χ1) is 13.7. The van der Waals surface area contributed by atoms with Crippen LogP contribution in [0.3, 0.4) is 0 Å². The van der Waals surface area contributed by atoms with Gasteiger partial charge in [0, 0.05) is 38.6 Å². The number of nitrogens with one attached hydrogen (secondary N) is 1. The number of nitrogens with zero attached hydrogens (tertiary/aromatic N) is 2. The Morgan fingerprint density at radius 1 is 1.17 bits per heavy atom. The quantitative estimate of drug-likeness (QED) is 0.771. The molecule has 2 aromatic carbocycles. The molecule has 0 bridgehead atoms. The molecular weight excluding hydrogens is 421 g/mol. The third-order valence-electron chi connectivity index (χ3n) is 4.52. The summed E-state index contributed by atoms with van der Waals surface area (Å²) < 4.78 is 44.9. The lowest BCUT2D eigenvalue weighted by molar-refractivity contribution is 0.102. The molecule has 1 saturated heterocycles. The number of carbonyl (C=O) groups is 1. The van der Waals surface area contributed by atoms with E-state index in [9.17, 15) is 17.6 Å². The largest absolute Gasteiger partial charge is 0.378 e. The lowest BCUT2D eigenvalue weighted by Crippen LogP contribution is -2.37. The smallest absolute Gasteiger partial charge is 0.257 e. The molecule has 0 aliphatic carbocycles. The molecule has 2 aromatic rings. The van der Waals surface area contributed by atoms with Gasteiger partial charge in [0.2, 0.25) is 10.0 Å². The molecular formula is C19H21ClFN3O4S. The number of ether oxygens (including phenoxy) is 1. The summed E-state index contributed by atoms with van der Waals surface area (Å²) in [5.41, 5.74) is 1.09. The van der Waals surface area contributed by atoms with Crippen molar-refractivity contribution in [3.8, 4) is 0 Å². The normalized spacial score (nSPS) is 14.9. The highest BCUT2D eigenvalue weighted by Crippen LogP contribution is 2.28. The van der Waals surface area contributed by atoms with E-state index in [1.54, 1.807) is 6.07 Å². The number of hydrogen-bond donors (Lipinski definition) is 1. The van der Waals surface area contributed by atoms with Crippen molar-refractivity contribution < 1.29 is 22.3 Å². The maximum atomic E-state index is 13.4. The number of amides is 1. The molecule has 3 rings (SSSR count). The summed E-state index contributed by atoms with van der Waals surface area (Å²) in [6, 6.07) is 8.27. The second-order valence-electron chi connectivity index (χ2n) is 6.65. The summed E-state index contributed by atoms with van der Waals surface area (Å²) in [4.78, 5) is 15.0. The van der Waals surface area contributed by atoms with Crippen LogP contribution in [0.2, 0.25) is 5.02 Å². The number of halogens is 2. The summed E-state index contributed by atoms with van der Waals surface area (Å²) in [5.74, 6) is -1.12. The zero-order chi connectivity index (χ0) is 21.2. The van der Waals surface area contributed by atoms with Gasteiger partial charge in [-0.15, -0.1) is 0 Å². The van der Waals surface area contributed by atoms with Crippen LogP contribution in [0.1, 0.15) is 10.4 Å². The van der Waals surface area contributed by atoms with Crippen molar-refractivity contribution in [2.24, 2.45) is 0 Å². The third-order valence-corrected chi connectivity index (χ3v) is 6.62. The Balaban J connectivity index is 2.02. The summed E-state index contributed by atoms with van der Waals surface area (Å²) in [5, 5.41) is 2.53. The SMILES string of the molecule is CN(C)S(=O)(=O)c1ccc(N2CCOCC2)c(C(=O)Nc2ccc(F)c(Cl)c2)c1. The van der Waals surface area contributed by atoms with Crippen LogP contribution in [-0.4, -0.2) is 59.0 Å². The summed E-state index contributed by atoms with van der Waals surface area (Å²) in [7, 11) is -0.882. The van der Waals surface area contributed by atoms with Gasteiger partial charge in [0.05, 0.1) is 28.7 Å². The standard InChI is InChI=1S/C19H21ClFN3O4S/c1-23(2)29(26,27)14-4-6-18(24-7-9-28-10-8-24)15(12-14)19(25)22-13-3-5-17(21)16(20)11-13/h3-6,11-12H,7-10H2,1-2H3,(H,22,25). The van der Waals surface area contributed by atoms with Crippen LogP contribution in [0.15, 0.2) is 41.3 Å². The maximum Gasteiger partial charge on any atom is 0.257 e. The number of benzene rings is 2. The van der Waals surface area contributed by atoms with Crippen molar-refractivity contribution >= 4 is 38.9 Å². The Morgan fingerprint density at radius 3 is 2.48 bits per heavy atom. The fourth-order valence-electron chi connectivity index (χ4n) is 2.92. The van der Waals surface area contributed by atoms with Crippen molar-refractivity contribution in [1.82, 2.24) is 4.31 Å². The first-order valence-electron chi connectivity index (χ1n) is 8.86. The molecule has 0 atom stereocenters. The molecule has 1 aliphatic rings. The number of rotatable bonds is 5. The number of carbonyl (C=O) groups excluding carboxylic acids is 1. The molecule has 1 aliphatic heterocycles. The molecule has 1 fully saturated rings. The number of hydrogen-bond acceptors (Lipinski definition) is 5. The first kappa shape index (κ1) is 21.5. The van der Waals surface area contributed by atoms with Crippen LogP contribution in [0.4, 0.5) is 15.8 Å². The van der Waals surface area contributed by atoms with E-state index in [4.69, 9.17) is 16.3 Å². The molecule has 1 heterocycles. The Labute approximate surface area is 174 Å². The predicted octanol–water partition coefficient (Wildman–Crippen LogP) is 2.82. The highest BCUT2D eigenvalue weighted by atomic mass is 35.5. The van der Waals surface area contributed by atoms with E-state index >= 15 is 0 Å². The third kappa shape index (κ3) is 4.69. The summed E-state index contributed by atoms with van der Waals surface area (Å²) in [6.45, 7) is 2.16. The molecule has 0 aromatic heterocycles. The second-order valence-corrected chi connectivity index (χ2v) is 9.21. The molecule has 7 nitrogen and oxygen atoms in total. The van der Waals surface area contributed by atoms with Gasteiger partial charge < -0.3 is 15.0 Å². The van der Waals surface area contributed by atoms with Crippen LogP contribution < -0.4 is 10.2 Å². The lowest BCUT2D eigenvalue weighted by atomic mass is 10.1. The van der Waals surface area contributed by atoms with E-state index in [1.165, 1.54) is 38.4 Å². The molecule has 10 heteroatoms. The Kier molecular flexibility index (Phi) is 6.42. The zero-order valence-electron chi connectivity index (χ0n) is 16.0. The van der Waals surface area contributed by atoms with E-state index < -0.39 is 21.7 Å². The van der Waals surface area contributed by atoms with Crippen LogP contribution in [0.5, 0.6) is 0 Å². The Hall–Kier alpha value is -2.20. The molecule has 1 amide bonds. The van der Waals surface area contributed by atoms with E-state index in [1.807, 2.05) is 4.90 Å². The molecule has 29 heavy (non-hydrogen) atoms. The zero-order valence-corrected chi connectivity index (χ0v) is 17.6. The lowest BCUT2D eigenvalue weighted by Gasteiger charge is -2.30. The minimum Gasteiger partial charge on any atom is -0.378 e. The molecule has 0 saturated carbocycles. The van der Waals surface area contributed by atoms with Crippen LogP contribution in [0.25, 0.3) is 0 Å². The van der Waals surface area contributed by atoms with Gasteiger partial charge in [0.1, 0.15) is 5.82 Å². The number of sulfonamides is 1. The maximum absolute atomic E-state index is 13.4. The van der Waals surface area contributed by atoms with Gasteiger partial charge in [-0.05, 0) is 36.4 Å². The van der Waals surface area contributed by atoms with Gasteiger partial charge in [-0.2, -0.15) is 0 Å². The average Bonchev–Trinajstić information content (AvgIpc) is 2.70. The van der Waals surface area contributed by atoms with Crippen molar-refractivity contribution in [2.75, 3.05) is 50.6 Å². The molecule has 0 unspecified atom stereocenters. The van der Waals surface area contributed by atoms with Crippen molar-refractivity contribution in [3.63, 3.8) is 0 Å². The average molecular weight is 442 g/mol. The van der Waals surface area contributed by atoms with Gasteiger partial charge in [-0.25, -0.2) is 17.1 Å². The fourth-order valence-corrected chi connectivity index (χ4v) is 4.03. The molecule has 0 radical (unpaired) electrons. The van der Waals surface area contributed by atoms with Crippen molar-refractivity contribution in [2.45, 2.75) is 4.90 Å². The van der Waals surface area contributed by atoms with E-state index in [0.717, 1.165) is 10.4 Å². The molecule has 0 spiro atoms. The van der Waals surface area contributed by atoms with Gasteiger partial charge >= 0.3 is 0 Å². The minimum atomic E-state index is -3.73. The Morgan fingerprint density at radius 2 is 1.86 bits per heavy atom. The van der Waals surface area contributed by atoms with Crippen molar-refractivity contribution in [3.05, 3.63) is 52.8 Å². The first-order valence-corrected chi connectivity index (χ1v) is 10.7. The fraction of sp³-hybridized carbons (Fsp3) is 0.316. The van der Waals surface area contributed by atoms with Gasteiger partial charge in [-0.1, -0.05) is 11.6 Å². The van der Waals surface area contributed by atoms with Gasteiger partial charge in [0.25, 0.3) is 5.91 Å². The van der Waals surface area contributed by atoms with Crippen LogP contribution in [0, 0.1) is 5.82 Å². The topological polar surface area (TPSA) is 79.0 Å². The number of anilines is 2. The van der Waals surface area contributed by atoms with Crippen molar-refractivity contribution in [1.29, 1.82) is 0 Å². The summed E-state index contributed by atoms with van der Waals surface area (Å²) in [6.07, 6.45) is 0. The van der Waals surface area contributed by atoms with E-state index in [2.05, 4.69) is 5.32 Å². The van der Waals surface area contributed by atoms with Crippen LogP contribution >= 0.6 is 11.6 Å². The summed E-state index contributed by atoms with van der Waals surface area (Å²) >= 11 is 5.78. The van der Waals surface area contributed by atoms with Gasteiger partial charge in [-0.3, -0.25) is 4.79 Å². The monoisotopic (exact) mass is 441 g/mol. The Bertz CT molecular complexity index is 1020.